The molecule has 0 amide bonds. The molecule has 0 aliphatic rings. The van der Waals surface area contributed by atoms with E-state index in [9.17, 15) is 22.4 Å². The Morgan fingerprint density at radius 3 is 2.29 bits per heavy atom. The Hall–Kier alpha value is -1.59. The van der Waals surface area contributed by atoms with Gasteiger partial charge in [-0.1, -0.05) is 0 Å². The third-order valence-electron chi connectivity index (χ3n) is 1.88. The zero-order valence-corrected chi connectivity index (χ0v) is 9.14. The van der Waals surface area contributed by atoms with Crippen LogP contribution in [0.2, 0.25) is 0 Å². The summed E-state index contributed by atoms with van der Waals surface area (Å²) in [6.07, 6.45) is -5.21. The Bertz CT molecular complexity index is 424. The molecule has 0 bridgehead atoms. The van der Waals surface area contributed by atoms with Crippen molar-refractivity contribution >= 4 is 6.29 Å². The van der Waals surface area contributed by atoms with Gasteiger partial charge in [0.25, 0.3) is 0 Å². The fourth-order valence-electron chi connectivity index (χ4n) is 1.25. The molecule has 17 heavy (non-hydrogen) atoms. The largest absolute Gasteiger partial charge is 0.491 e. The molecule has 0 N–H and O–H groups in total. The van der Waals surface area contributed by atoms with Crippen molar-refractivity contribution in [3.63, 3.8) is 0 Å². The Balaban J connectivity index is 3.33. The highest BCUT2D eigenvalue weighted by atomic mass is 19.4. The average Bonchev–Trinajstić information content (AvgIpc) is 2.17. The van der Waals surface area contributed by atoms with E-state index in [2.05, 4.69) is 0 Å². The molecule has 0 saturated carbocycles. The van der Waals surface area contributed by atoms with Gasteiger partial charge in [-0.15, -0.1) is 0 Å². The van der Waals surface area contributed by atoms with Crippen LogP contribution in [-0.2, 0) is 6.18 Å². The molecule has 94 valence electrons. The average molecular weight is 250 g/mol. The molecule has 0 aliphatic carbocycles. The van der Waals surface area contributed by atoms with Crippen LogP contribution in [0.5, 0.6) is 5.75 Å². The van der Waals surface area contributed by atoms with Crippen molar-refractivity contribution in [2.45, 2.75) is 26.1 Å². The van der Waals surface area contributed by atoms with Crippen molar-refractivity contribution in [1.82, 2.24) is 0 Å². The number of halogens is 4. The second-order valence-corrected chi connectivity index (χ2v) is 3.66. The zero-order chi connectivity index (χ0) is 13.2. The van der Waals surface area contributed by atoms with E-state index in [1.807, 2.05) is 0 Å². The molecular weight excluding hydrogens is 240 g/mol. The minimum atomic E-state index is -4.86. The summed E-state index contributed by atoms with van der Waals surface area (Å²) in [5, 5.41) is 0. The van der Waals surface area contributed by atoms with Gasteiger partial charge in [-0.3, -0.25) is 4.79 Å². The second-order valence-electron chi connectivity index (χ2n) is 3.66. The van der Waals surface area contributed by atoms with Gasteiger partial charge in [-0.05, 0) is 26.0 Å². The minimum absolute atomic E-state index is 0.0256. The lowest BCUT2D eigenvalue weighted by molar-refractivity contribution is -0.140. The summed E-state index contributed by atoms with van der Waals surface area (Å²) in [4.78, 5) is 10.5. The smallest absolute Gasteiger partial charge is 0.419 e. The Morgan fingerprint density at radius 2 is 1.88 bits per heavy atom. The molecule has 0 aliphatic heterocycles. The van der Waals surface area contributed by atoms with E-state index in [4.69, 9.17) is 4.74 Å². The monoisotopic (exact) mass is 250 g/mol. The van der Waals surface area contributed by atoms with E-state index in [0.717, 1.165) is 6.07 Å². The van der Waals surface area contributed by atoms with Crippen molar-refractivity contribution in [2.24, 2.45) is 0 Å². The Kier molecular flexibility index (Phi) is 3.75. The van der Waals surface area contributed by atoms with Gasteiger partial charge < -0.3 is 4.74 Å². The molecule has 0 aromatic heterocycles. The van der Waals surface area contributed by atoms with Crippen LogP contribution in [0.25, 0.3) is 0 Å². The molecule has 6 heteroatoms. The van der Waals surface area contributed by atoms with Crippen molar-refractivity contribution in [3.8, 4) is 5.75 Å². The van der Waals surface area contributed by atoms with Gasteiger partial charge in [0.2, 0.25) is 0 Å². The molecule has 0 saturated heterocycles. The number of hydrogen-bond acceptors (Lipinski definition) is 2. The Labute approximate surface area is 95.2 Å². The van der Waals surface area contributed by atoms with Gasteiger partial charge in [-0.25, -0.2) is 4.39 Å². The molecule has 0 spiro atoms. The van der Waals surface area contributed by atoms with Gasteiger partial charge in [0.1, 0.15) is 11.6 Å². The van der Waals surface area contributed by atoms with E-state index in [1.165, 1.54) is 0 Å². The lowest BCUT2D eigenvalue weighted by atomic mass is 10.1. The number of alkyl halides is 3. The summed E-state index contributed by atoms with van der Waals surface area (Å²) in [5.74, 6) is -1.76. The summed E-state index contributed by atoms with van der Waals surface area (Å²) < 4.78 is 55.7. The van der Waals surface area contributed by atoms with Crippen molar-refractivity contribution < 1.29 is 27.1 Å². The molecular formula is C11H10F4O2. The first kappa shape index (κ1) is 13.5. The predicted molar refractivity (Wildman–Crippen MR) is 52.6 cm³/mol. The summed E-state index contributed by atoms with van der Waals surface area (Å²) in [5.41, 5.74) is -2.17. The van der Waals surface area contributed by atoms with Gasteiger partial charge >= 0.3 is 6.18 Å². The summed E-state index contributed by atoms with van der Waals surface area (Å²) in [6, 6.07) is 1.49. The molecule has 1 aromatic carbocycles. The Morgan fingerprint density at radius 1 is 1.29 bits per heavy atom. The molecule has 1 aromatic rings. The number of carbonyl (C=O) groups is 1. The third kappa shape index (κ3) is 3.18. The maximum absolute atomic E-state index is 13.3. The number of carbonyl (C=O) groups excluding carboxylic acids is 1. The number of aldehydes is 1. The first-order chi connectivity index (χ1) is 7.75. The normalized spacial score (nSPS) is 11.7. The van der Waals surface area contributed by atoms with E-state index < -0.39 is 23.1 Å². The molecule has 2 nitrogen and oxygen atoms in total. The fraction of sp³-hybridized carbons (Fsp3) is 0.364. The first-order valence-corrected chi connectivity index (χ1v) is 4.78. The molecule has 0 radical (unpaired) electrons. The highest BCUT2D eigenvalue weighted by Crippen LogP contribution is 2.35. The molecule has 0 unspecified atom stereocenters. The quantitative estimate of drug-likeness (QED) is 0.606. The first-order valence-electron chi connectivity index (χ1n) is 4.78. The summed E-state index contributed by atoms with van der Waals surface area (Å²) >= 11 is 0. The molecule has 1 rings (SSSR count). The maximum Gasteiger partial charge on any atom is 0.419 e. The van der Waals surface area contributed by atoms with E-state index in [1.54, 1.807) is 13.8 Å². The topological polar surface area (TPSA) is 26.3 Å². The summed E-state index contributed by atoms with van der Waals surface area (Å²) in [7, 11) is 0. The number of benzene rings is 1. The lowest BCUT2D eigenvalue weighted by Gasteiger charge is -2.14. The van der Waals surface area contributed by atoms with Crippen LogP contribution in [-0.4, -0.2) is 12.4 Å². The van der Waals surface area contributed by atoms with E-state index in [-0.39, 0.29) is 18.1 Å². The van der Waals surface area contributed by atoms with Crippen LogP contribution in [0.1, 0.15) is 29.8 Å². The van der Waals surface area contributed by atoms with Crippen molar-refractivity contribution in [2.75, 3.05) is 0 Å². The van der Waals surface area contributed by atoms with Crippen LogP contribution < -0.4 is 4.74 Å². The van der Waals surface area contributed by atoms with Gasteiger partial charge in [0.05, 0.1) is 17.2 Å². The molecule has 0 atom stereocenters. The minimum Gasteiger partial charge on any atom is -0.491 e. The number of hydrogen-bond donors (Lipinski definition) is 0. The highest BCUT2D eigenvalue weighted by Gasteiger charge is 2.36. The SMILES string of the molecule is CC(C)Oc1cc(C=O)c(F)c(C(F)(F)F)c1. The number of rotatable bonds is 3. The standard InChI is InChI=1S/C11H10F4O2/c1-6(2)17-8-3-7(5-16)10(12)9(4-8)11(13,14)15/h3-6H,1-2H3. The predicted octanol–water partition coefficient (Wildman–Crippen LogP) is 3.44. The van der Waals surface area contributed by atoms with Crippen LogP contribution in [0.15, 0.2) is 12.1 Å². The van der Waals surface area contributed by atoms with Crippen molar-refractivity contribution in [1.29, 1.82) is 0 Å². The van der Waals surface area contributed by atoms with Gasteiger partial charge in [-0.2, -0.15) is 13.2 Å². The fourth-order valence-corrected chi connectivity index (χ4v) is 1.25. The third-order valence-corrected chi connectivity index (χ3v) is 1.88. The van der Waals surface area contributed by atoms with Crippen LogP contribution >= 0.6 is 0 Å². The van der Waals surface area contributed by atoms with Crippen LogP contribution in [0, 0.1) is 5.82 Å². The van der Waals surface area contributed by atoms with Gasteiger partial charge in [0.15, 0.2) is 6.29 Å². The number of ether oxygens (including phenoxy) is 1. The summed E-state index contributed by atoms with van der Waals surface area (Å²) in [6.45, 7) is 3.22. The second kappa shape index (κ2) is 4.73. The van der Waals surface area contributed by atoms with E-state index in [0.29, 0.717) is 6.07 Å². The lowest BCUT2D eigenvalue weighted by Crippen LogP contribution is -2.12. The maximum atomic E-state index is 13.3. The van der Waals surface area contributed by atoms with Gasteiger partial charge in [0, 0.05) is 0 Å². The van der Waals surface area contributed by atoms with Crippen LogP contribution in [0.4, 0.5) is 17.6 Å². The molecule has 0 fully saturated rings. The highest BCUT2D eigenvalue weighted by molar-refractivity contribution is 5.76. The van der Waals surface area contributed by atoms with Crippen LogP contribution in [0.3, 0.4) is 0 Å². The molecule has 0 heterocycles. The van der Waals surface area contributed by atoms with Crippen molar-refractivity contribution in [3.05, 3.63) is 29.1 Å². The van der Waals surface area contributed by atoms with E-state index >= 15 is 0 Å². The zero-order valence-electron chi connectivity index (χ0n) is 9.14.